The highest BCUT2D eigenvalue weighted by atomic mass is 19.4. The zero-order valence-electron chi connectivity index (χ0n) is 18.9. The summed E-state index contributed by atoms with van der Waals surface area (Å²) >= 11 is 0. The average Bonchev–Trinajstić information content (AvgIpc) is 2.84. The van der Waals surface area contributed by atoms with Gasteiger partial charge in [0.05, 0.1) is 5.56 Å². The number of amides is 1. The number of rotatable bonds is 4. The molecule has 1 atom stereocenters. The van der Waals surface area contributed by atoms with Crippen LogP contribution >= 0.6 is 0 Å². The first-order valence-electron chi connectivity index (χ1n) is 11.3. The van der Waals surface area contributed by atoms with Gasteiger partial charge in [-0.1, -0.05) is 0 Å². The number of carbonyl (C=O) groups excluding carboxylic acids is 1. The maximum Gasteiger partial charge on any atom is 0.421 e. The summed E-state index contributed by atoms with van der Waals surface area (Å²) in [5, 5.41) is 5.68. The molecule has 1 amide bonds. The van der Waals surface area contributed by atoms with E-state index in [0.717, 1.165) is 6.42 Å². The molecule has 2 aliphatic heterocycles. The predicted molar refractivity (Wildman–Crippen MR) is 115 cm³/mol. The van der Waals surface area contributed by atoms with Gasteiger partial charge in [-0.05, 0) is 19.3 Å². The van der Waals surface area contributed by atoms with Crippen LogP contribution in [0, 0.1) is 0 Å². The van der Waals surface area contributed by atoms with Gasteiger partial charge in [0.2, 0.25) is 11.9 Å². The third-order valence-electron chi connectivity index (χ3n) is 6.31. The number of aromatic nitrogens is 4. The summed E-state index contributed by atoms with van der Waals surface area (Å²) in [6.45, 7) is 1.63. The fourth-order valence-corrected chi connectivity index (χ4v) is 4.38. The predicted octanol–water partition coefficient (Wildman–Crippen LogP) is 2.70. The van der Waals surface area contributed by atoms with Crippen molar-refractivity contribution in [2.24, 2.45) is 0 Å². The van der Waals surface area contributed by atoms with E-state index in [1.54, 1.807) is 14.7 Å². The Bertz CT molecular complexity index is 1130. The Morgan fingerprint density at radius 2 is 1.64 bits per heavy atom. The summed E-state index contributed by atoms with van der Waals surface area (Å²) in [5.41, 5.74) is -3.62. The SMILES string of the molecule is O=C(CC1CCCCN1c1cc(C(F)(F)F)c(=O)[nH]n1)N1CCN(c2ncc(C(F)(F)F)cn2)CC1. The van der Waals surface area contributed by atoms with Crippen LogP contribution in [0.3, 0.4) is 0 Å². The number of carbonyl (C=O) groups is 1. The first-order valence-corrected chi connectivity index (χ1v) is 11.3. The normalized spacial score (nSPS) is 19.5. The molecule has 2 fully saturated rings. The third-order valence-corrected chi connectivity index (χ3v) is 6.31. The van der Waals surface area contributed by atoms with Gasteiger partial charge in [-0.25, -0.2) is 15.1 Å². The van der Waals surface area contributed by atoms with Crippen molar-refractivity contribution in [3.8, 4) is 0 Å². The number of anilines is 2. The molecule has 2 aromatic heterocycles. The number of nitrogens with one attached hydrogen (secondary N) is 1. The minimum atomic E-state index is -4.83. The molecule has 15 heteroatoms. The number of alkyl halides is 6. The molecular formula is C21H23F6N7O2. The van der Waals surface area contributed by atoms with Gasteiger partial charge < -0.3 is 14.7 Å². The van der Waals surface area contributed by atoms with E-state index in [0.29, 0.717) is 64.0 Å². The Labute approximate surface area is 201 Å². The van der Waals surface area contributed by atoms with Crippen LogP contribution in [0.2, 0.25) is 0 Å². The Kier molecular flexibility index (Phi) is 7.09. The fraction of sp³-hybridized carbons (Fsp3) is 0.571. The minimum absolute atomic E-state index is 0.0382. The van der Waals surface area contributed by atoms with Crippen LogP contribution in [0.5, 0.6) is 0 Å². The molecule has 9 nitrogen and oxygen atoms in total. The van der Waals surface area contributed by atoms with Crippen LogP contribution in [0.15, 0.2) is 23.3 Å². The number of halogens is 6. The number of hydrogen-bond donors (Lipinski definition) is 1. The molecule has 4 rings (SSSR count). The number of aromatic amines is 1. The summed E-state index contributed by atoms with van der Waals surface area (Å²) in [6, 6.07) is 0.326. The van der Waals surface area contributed by atoms with Crippen molar-refractivity contribution in [2.45, 2.75) is 44.1 Å². The summed E-state index contributed by atoms with van der Waals surface area (Å²) in [5.74, 6) is -0.0952. The summed E-state index contributed by atoms with van der Waals surface area (Å²) in [6.07, 6.45) is -5.80. The number of piperazine rings is 1. The van der Waals surface area contributed by atoms with Crippen molar-refractivity contribution in [2.75, 3.05) is 42.5 Å². The van der Waals surface area contributed by atoms with E-state index in [9.17, 15) is 35.9 Å². The molecule has 0 aliphatic carbocycles. The van der Waals surface area contributed by atoms with Crippen LogP contribution in [-0.4, -0.2) is 69.7 Å². The fourth-order valence-electron chi connectivity index (χ4n) is 4.38. The Balaban J connectivity index is 1.38. The molecule has 196 valence electrons. The van der Waals surface area contributed by atoms with Crippen LogP contribution in [0.4, 0.5) is 38.1 Å². The van der Waals surface area contributed by atoms with Gasteiger partial charge in [0, 0.05) is 63.6 Å². The van der Waals surface area contributed by atoms with Gasteiger partial charge in [-0.15, -0.1) is 0 Å². The van der Waals surface area contributed by atoms with Crippen molar-refractivity contribution < 1.29 is 31.1 Å². The van der Waals surface area contributed by atoms with Crippen molar-refractivity contribution in [1.29, 1.82) is 0 Å². The number of H-pyrrole nitrogens is 1. The number of piperidine rings is 1. The van der Waals surface area contributed by atoms with E-state index in [4.69, 9.17) is 0 Å². The third kappa shape index (κ3) is 5.70. The lowest BCUT2D eigenvalue weighted by Gasteiger charge is -2.39. The summed E-state index contributed by atoms with van der Waals surface area (Å²) < 4.78 is 77.7. The molecule has 1 N–H and O–H groups in total. The highest BCUT2D eigenvalue weighted by molar-refractivity contribution is 5.77. The van der Waals surface area contributed by atoms with E-state index < -0.39 is 29.0 Å². The van der Waals surface area contributed by atoms with E-state index in [-0.39, 0.29) is 30.1 Å². The molecule has 2 aliphatic rings. The molecule has 0 saturated carbocycles. The van der Waals surface area contributed by atoms with Gasteiger partial charge in [0.25, 0.3) is 5.56 Å². The quantitative estimate of drug-likeness (QED) is 0.621. The molecule has 36 heavy (non-hydrogen) atoms. The molecule has 0 aromatic carbocycles. The second-order valence-corrected chi connectivity index (χ2v) is 8.65. The monoisotopic (exact) mass is 519 g/mol. The zero-order chi connectivity index (χ0) is 26.1. The van der Waals surface area contributed by atoms with E-state index in [1.165, 1.54) is 0 Å². The summed E-state index contributed by atoms with van der Waals surface area (Å²) in [4.78, 5) is 37.0. The van der Waals surface area contributed by atoms with E-state index in [1.807, 2.05) is 5.10 Å². The first kappa shape index (κ1) is 25.7. The second kappa shape index (κ2) is 9.93. The second-order valence-electron chi connectivity index (χ2n) is 8.65. The first-order chi connectivity index (χ1) is 16.9. The Hall–Kier alpha value is -3.39. The molecule has 1 unspecified atom stereocenters. The molecule has 0 bridgehead atoms. The van der Waals surface area contributed by atoms with Gasteiger partial charge in [-0.3, -0.25) is 9.59 Å². The minimum Gasteiger partial charge on any atom is -0.352 e. The van der Waals surface area contributed by atoms with Crippen molar-refractivity contribution in [3.63, 3.8) is 0 Å². The highest BCUT2D eigenvalue weighted by Crippen LogP contribution is 2.31. The smallest absolute Gasteiger partial charge is 0.352 e. The molecular weight excluding hydrogens is 496 g/mol. The largest absolute Gasteiger partial charge is 0.421 e. The average molecular weight is 519 g/mol. The standard InChI is InChI=1S/C21H23F6N7O2/c22-20(23,24)13-11-28-19(29-12-13)33-7-5-32(6-8-33)17(35)9-14-3-1-2-4-34(14)16-10-15(21(25,26)27)18(36)31-30-16/h10-12,14H,1-9H2,(H,31,36). The van der Waals surface area contributed by atoms with Crippen LogP contribution < -0.4 is 15.4 Å². The Morgan fingerprint density at radius 3 is 2.25 bits per heavy atom. The maximum absolute atomic E-state index is 13.2. The topological polar surface area (TPSA) is 98.3 Å². The van der Waals surface area contributed by atoms with Crippen molar-refractivity contribution in [3.05, 3.63) is 39.9 Å². The van der Waals surface area contributed by atoms with Crippen LogP contribution in [-0.2, 0) is 17.1 Å². The number of nitrogens with zero attached hydrogens (tertiary/aromatic N) is 6. The number of hydrogen-bond acceptors (Lipinski definition) is 7. The van der Waals surface area contributed by atoms with Gasteiger partial charge >= 0.3 is 12.4 Å². The van der Waals surface area contributed by atoms with Crippen LogP contribution in [0.25, 0.3) is 0 Å². The zero-order valence-corrected chi connectivity index (χ0v) is 18.9. The van der Waals surface area contributed by atoms with E-state index >= 15 is 0 Å². The van der Waals surface area contributed by atoms with E-state index in [2.05, 4.69) is 15.1 Å². The lowest BCUT2D eigenvalue weighted by Crippen LogP contribution is -2.51. The van der Waals surface area contributed by atoms with Gasteiger partial charge in [0.1, 0.15) is 11.4 Å². The Morgan fingerprint density at radius 1 is 0.972 bits per heavy atom. The summed E-state index contributed by atoms with van der Waals surface area (Å²) in [7, 11) is 0. The lowest BCUT2D eigenvalue weighted by molar-refractivity contribution is -0.139. The molecule has 2 saturated heterocycles. The van der Waals surface area contributed by atoms with Crippen LogP contribution in [0.1, 0.15) is 36.8 Å². The van der Waals surface area contributed by atoms with Gasteiger partial charge in [0.15, 0.2) is 0 Å². The molecule has 4 heterocycles. The molecule has 0 spiro atoms. The maximum atomic E-state index is 13.2. The molecule has 0 radical (unpaired) electrons. The van der Waals surface area contributed by atoms with Crippen molar-refractivity contribution in [1.82, 2.24) is 25.1 Å². The highest BCUT2D eigenvalue weighted by Gasteiger charge is 2.37. The lowest BCUT2D eigenvalue weighted by atomic mass is 9.98. The van der Waals surface area contributed by atoms with Gasteiger partial charge in [-0.2, -0.15) is 31.4 Å². The van der Waals surface area contributed by atoms with Crippen molar-refractivity contribution >= 4 is 17.7 Å². The molecule has 2 aromatic rings.